The van der Waals surface area contributed by atoms with Crippen molar-refractivity contribution in [1.82, 2.24) is 30.0 Å². The minimum Gasteiger partial charge on any atom is -0.338 e. The van der Waals surface area contributed by atoms with Crippen LogP contribution in [-0.4, -0.2) is 81.7 Å². The number of nitrogens with zero attached hydrogens (tertiary/aromatic N) is 6. The van der Waals surface area contributed by atoms with Gasteiger partial charge in [-0.15, -0.1) is 0 Å². The van der Waals surface area contributed by atoms with Crippen molar-refractivity contribution < 1.29 is 4.79 Å². The minimum absolute atomic E-state index is 0.157. The second-order valence-corrected chi connectivity index (χ2v) is 10.4. The van der Waals surface area contributed by atoms with E-state index in [1.54, 1.807) is 0 Å². The van der Waals surface area contributed by atoms with Crippen molar-refractivity contribution in [2.24, 2.45) is 0 Å². The summed E-state index contributed by atoms with van der Waals surface area (Å²) < 4.78 is 0. The van der Waals surface area contributed by atoms with Crippen LogP contribution in [0.2, 0.25) is 0 Å². The van der Waals surface area contributed by atoms with Crippen LogP contribution < -0.4 is 10.2 Å². The summed E-state index contributed by atoms with van der Waals surface area (Å²) in [5.74, 6) is 3.21. The molecule has 182 valence electrons. The van der Waals surface area contributed by atoms with Crippen molar-refractivity contribution in [2.75, 3.05) is 50.0 Å². The summed E-state index contributed by atoms with van der Waals surface area (Å²) in [6.07, 6.45) is 10.0. The zero-order valence-corrected chi connectivity index (χ0v) is 20.2. The molecule has 9 heteroatoms. The lowest BCUT2D eigenvalue weighted by Gasteiger charge is -2.36. The second-order valence-electron chi connectivity index (χ2n) is 10.4. The Hall–Kier alpha value is -2.68. The van der Waals surface area contributed by atoms with E-state index < -0.39 is 0 Å². The highest BCUT2D eigenvalue weighted by Crippen LogP contribution is 2.36. The van der Waals surface area contributed by atoms with Gasteiger partial charge in [0.2, 0.25) is 11.9 Å². The van der Waals surface area contributed by atoms with E-state index in [2.05, 4.69) is 38.4 Å². The molecule has 34 heavy (non-hydrogen) atoms. The Kier molecular flexibility index (Phi) is 5.89. The van der Waals surface area contributed by atoms with Crippen LogP contribution in [0.5, 0.6) is 0 Å². The molecule has 4 heterocycles. The molecule has 2 aliphatic heterocycles. The Morgan fingerprint density at radius 3 is 2.65 bits per heavy atom. The molecule has 2 aromatic heterocycles. The molecule has 9 nitrogen and oxygen atoms in total. The topological polar surface area (TPSA) is 93.3 Å². The van der Waals surface area contributed by atoms with Crippen LogP contribution in [0.4, 0.5) is 17.6 Å². The molecule has 1 unspecified atom stereocenters. The fourth-order valence-corrected chi connectivity index (χ4v) is 6.12. The molecule has 4 aliphatic rings. The monoisotopic (exact) mass is 464 g/mol. The highest BCUT2D eigenvalue weighted by Gasteiger charge is 2.37. The number of amides is 1. The number of H-pyrrole nitrogens is 1. The maximum Gasteiger partial charge on any atom is 0.245 e. The molecule has 2 aliphatic carbocycles. The minimum atomic E-state index is -0.157. The number of aromatic amines is 1. The number of rotatable bonds is 5. The molecule has 0 bridgehead atoms. The first-order valence-electron chi connectivity index (χ1n) is 13.1. The molecule has 1 saturated carbocycles. The van der Waals surface area contributed by atoms with Gasteiger partial charge in [-0.25, -0.2) is 4.98 Å². The fraction of sp³-hybridized carbons (Fsp3) is 0.680. The van der Waals surface area contributed by atoms with Crippen molar-refractivity contribution in [3.05, 3.63) is 23.0 Å². The van der Waals surface area contributed by atoms with E-state index in [0.717, 1.165) is 82.2 Å². The maximum absolute atomic E-state index is 13.4. The van der Waals surface area contributed by atoms with Gasteiger partial charge >= 0.3 is 0 Å². The summed E-state index contributed by atoms with van der Waals surface area (Å²) in [7, 11) is 2.12. The molecule has 0 aromatic carbocycles. The number of aryl methyl sites for hydroxylation is 1. The molecule has 2 aromatic rings. The average Bonchev–Trinajstić information content (AvgIpc) is 3.65. The van der Waals surface area contributed by atoms with Crippen LogP contribution in [0.25, 0.3) is 0 Å². The Bertz CT molecular complexity index is 1040. The molecular weight excluding hydrogens is 428 g/mol. The number of fused-ring (bicyclic) bond motifs is 1. The van der Waals surface area contributed by atoms with Gasteiger partial charge in [0, 0.05) is 56.0 Å². The van der Waals surface area contributed by atoms with Gasteiger partial charge in [0.1, 0.15) is 11.9 Å². The van der Waals surface area contributed by atoms with Gasteiger partial charge in [-0.3, -0.25) is 9.89 Å². The van der Waals surface area contributed by atoms with E-state index in [-0.39, 0.29) is 11.9 Å². The predicted molar refractivity (Wildman–Crippen MR) is 132 cm³/mol. The van der Waals surface area contributed by atoms with Crippen molar-refractivity contribution in [2.45, 2.75) is 69.7 Å². The largest absolute Gasteiger partial charge is 0.338 e. The van der Waals surface area contributed by atoms with E-state index in [1.807, 2.05) is 4.90 Å². The van der Waals surface area contributed by atoms with Gasteiger partial charge in [-0.05, 0) is 52.0 Å². The van der Waals surface area contributed by atoms with Crippen LogP contribution in [0.1, 0.15) is 67.8 Å². The van der Waals surface area contributed by atoms with Crippen LogP contribution >= 0.6 is 0 Å². The Morgan fingerprint density at radius 2 is 1.82 bits per heavy atom. The molecule has 0 radical (unpaired) electrons. The van der Waals surface area contributed by atoms with Gasteiger partial charge in [-0.1, -0.05) is 12.8 Å². The van der Waals surface area contributed by atoms with E-state index in [0.29, 0.717) is 11.9 Å². The third-order valence-electron chi connectivity index (χ3n) is 8.17. The normalized spacial score (nSPS) is 23.6. The first-order valence-corrected chi connectivity index (χ1v) is 13.1. The number of aromatic nitrogens is 4. The van der Waals surface area contributed by atoms with Gasteiger partial charge in [0.25, 0.3) is 0 Å². The summed E-state index contributed by atoms with van der Waals surface area (Å²) in [5.41, 5.74) is 3.55. The number of piperazine rings is 1. The summed E-state index contributed by atoms with van der Waals surface area (Å²) >= 11 is 0. The van der Waals surface area contributed by atoms with Gasteiger partial charge < -0.3 is 20.0 Å². The summed E-state index contributed by atoms with van der Waals surface area (Å²) in [6.45, 7) is 4.32. The van der Waals surface area contributed by atoms with Gasteiger partial charge in [0.15, 0.2) is 5.82 Å². The van der Waals surface area contributed by atoms with Crippen LogP contribution in [0.3, 0.4) is 0 Å². The average molecular weight is 465 g/mol. The first kappa shape index (κ1) is 21.8. The highest BCUT2D eigenvalue weighted by molar-refractivity contribution is 5.85. The van der Waals surface area contributed by atoms with Gasteiger partial charge in [0.05, 0.1) is 5.69 Å². The zero-order chi connectivity index (χ0) is 23.1. The molecule has 1 amide bonds. The Morgan fingerprint density at radius 1 is 1.00 bits per heavy atom. The fourth-order valence-electron chi connectivity index (χ4n) is 6.12. The summed E-state index contributed by atoms with van der Waals surface area (Å²) in [5, 5.41) is 11.3. The van der Waals surface area contributed by atoms with Crippen LogP contribution in [0, 0.1) is 0 Å². The smallest absolute Gasteiger partial charge is 0.245 e. The maximum atomic E-state index is 13.4. The first-order chi connectivity index (χ1) is 16.7. The number of hydrogen-bond acceptors (Lipinski definition) is 7. The molecule has 6 rings (SSSR count). The van der Waals surface area contributed by atoms with Crippen LogP contribution in [-0.2, 0) is 17.6 Å². The predicted octanol–water partition coefficient (Wildman–Crippen LogP) is 2.83. The summed E-state index contributed by atoms with van der Waals surface area (Å²) in [6, 6.07) is 1.99. The third-order valence-corrected chi connectivity index (χ3v) is 8.17. The lowest BCUT2D eigenvalue weighted by Crippen LogP contribution is -2.53. The number of carbonyl (C=O) groups excluding carboxylic acids is 1. The summed E-state index contributed by atoms with van der Waals surface area (Å²) in [4.78, 5) is 29.8. The van der Waals surface area contributed by atoms with E-state index in [9.17, 15) is 4.79 Å². The number of likely N-dealkylation sites (N-methyl/N-ethyl adjacent to an activating group) is 1. The van der Waals surface area contributed by atoms with Crippen molar-refractivity contribution in [1.29, 1.82) is 0 Å². The van der Waals surface area contributed by atoms with E-state index >= 15 is 0 Å². The van der Waals surface area contributed by atoms with E-state index in [1.165, 1.54) is 36.9 Å². The molecule has 2 N–H and O–H groups in total. The van der Waals surface area contributed by atoms with Gasteiger partial charge in [-0.2, -0.15) is 10.1 Å². The van der Waals surface area contributed by atoms with E-state index in [4.69, 9.17) is 9.97 Å². The molecule has 2 saturated heterocycles. The quantitative estimate of drug-likeness (QED) is 0.703. The molecular formula is C25H36N8O. The number of anilines is 3. The molecule has 1 atom stereocenters. The van der Waals surface area contributed by atoms with Crippen molar-refractivity contribution in [3.8, 4) is 0 Å². The highest BCUT2D eigenvalue weighted by atomic mass is 16.2. The SMILES string of the molecule is CN1CCN(C(=O)C2CCCN2c2nc3c(c(Nc4cc(C5CCCC5)[nH]n4)n2)CCC3)CC1. The lowest BCUT2D eigenvalue weighted by atomic mass is 10.0. The van der Waals surface area contributed by atoms with Crippen LogP contribution in [0.15, 0.2) is 6.07 Å². The third kappa shape index (κ3) is 4.15. The number of hydrogen-bond donors (Lipinski definition) is 2. The number of nitrogens with one attached hydrogen (secondary N) is 2. The molecule has 0 spiro atoms. The second kappa shape index (κ2) is 9.17. The lowest BCUT2D eigenvalue weighted by molar-refractivity contribution is -0.134. The van der Waals surface area contributed by atoms with Crippen molar-refractivity contribution >= 4 is 23.5 Å². The zero-order valence-electron chi connectivity index (χ0n) is 20.2. The van der Waals surface area contributed by atoms with Crippen molar-refractivity contribution in [3.63, 3.8) is 0 Å². The number of carbonyl (C=O) groups is 1. The Labute approximate surface area is 201 Å². The standard InChI is InChI=1S/C25H36N8O/c1-31-12-14-32(15-13-31)24(34)21-10-5-11-33(21)25-26-19-9-4-8-18(19)23(28-25)27-22-16-20(29-30-22)17-6-2-3-7-17/h16-17,21H,2-15H2,1H3,(H2,26,27,28,29,30). The molecule has 3 fully saturated rings. The Balaban J connectivity index is 1.24.